The number of hydrogen-bond acceptors (Lipinski definition) is 5. The van der Waals surface area contributed by atoms with Gasteiger partial charge in [-0.15, -0.1) is 10.2 Å². The van der Waals surface area contributed by atoms with Gasteiger partial charge in [-0.2, -0.15) is 0 Å². The summed E-state index contributed by atoms with van der Waals surface area (Å²) in [4.78, 5) is 26.8. The number of nitrogens with one attached hydrogen (secondary N) is 1. The summed E-state index contributed by atoms with van der Waals surface area (Å²) in [5, 5.41) is 11.1. The minimum atomic E-state index is -0.420. The molecule has 8 nitrogen and oxygen atoms in total. The van der Waals surface area contributed by atoms with Crippen molar-refractivity contribution in [1.82, 2.24) is 19.9 Å². The Morgan fingerprint density at radius 3 is 2.96 bits per heavy atom. The summed E-state index contributed by atoms with van der Waals surface area (Å²) in [5.41, 5.74) is 2.45. The van der Waals surface area contributed by atoms with Crippen molar-refractivity contribution < 1.29 is 14.3 Å². The molecule has 2 amide bonds. The number of methoxy groups -OCH3 is 1. The molecule has 0 aliphatic carbocycles. The third-order valence-electron chi connectivity index (χ3n) is 4.93. The van der Waals surface area contributed by atoms with E-state index in [2.05, 4.69) is 15.5 Å². The maximum atomic E-state index is 12.6. The molecular formula is C20H21N5O3. The molecule has 8 heteroatoms. The molecule has 1 fully saturated rings. The van der Waals surface area contributed by atoms with Gasteiger partial charge in [0.1, 0.15) is 5.75 Å². The number of anilines is 1. The van der Waals surface area contributed by atoms with Gasteiger partial charge in [-0.3, -0.25) is 14.0 Å². The first-order valence-electron chi connectivity index (χ1n) is 9.08. The smallest absolute Gasteiger partial charge is 0.227 e. The molecule has 1 N–H and O–H groups in total. The largest absolute Gasteiger partial charge is 0.495 e. The van der Waals surface area contributed by atoms with Crippen LogP contribution < -0.4 is 15.0 Å². The molecule has 0 radical (unpaired) electrons. The van der Waals surface area contributed by atoms with Gasteiger partial charge in [0.05, 0.1) is 25.3 Å². The van der Waals surface area contributed by atoms with E-state index >= 15 is 0 Å². The monoisotopic (exact) mass is 379 g/mol. The molecule has 3 aromatic rings. The first-order valence-corrected chi connectivity index (χ1v) is 9.08. The fourth-order valence-electron chi connectivity index (χ4n) is 3.45. The molecule has 3 heterocycles. The van der Waals surface area contributed by atoms with Gasteiger partial charge in [-0.1, -0.05) is 12.1 Å². The first kappa shape index (κ1) is 18.0. The van der Waals surface area contributed by atoms with Crippen LogP contribution in [0.15, 0.2) is 42.6 Å². The Balaban J connectivity index is 1.45. The Hall–Kier alpha value is -3.42. The van der Waals surface area contributed by atoms with Crippen LogP contribution in [0.25, 0.3) is 5.65 Å². The minimum Gasteiger partial charge on any atom is -0.495 e. The number of fused-ring (bicyclic) bond motifs is 1. The topological polar surface area (TPSA) is 88.8 Å². The number of pyridine rings is 1. The van der Waals surface area contributed by atoms with E-state index in [0.717, 1.165) is 11.2 Å². The Morgan fingerprint density at radius 2 is 2.14 bits per heavy atom. The number of amides is 2. The Morgan fingerprint density at radius 1 is 1.29 bits per heavy atom. The average Bonchev–Trinajstić information content (AvgIpc) is 3.29. The highest BCUT2D eigenvalue weighted by atomic mass is 16.5. The summed E-state index contributed by atoms with van der Waals surface area (Å²) in [6.45, 7) is 2.53. The van der Waals surface area contributed by atoms with E-state index in [1.54, 1.807) is 12.0 Å². The van der Waals surface area contributed by atoms with Crippen molar-refractivity contribution in [3.63, 3.8) is 0 Å². The normalized spacial score (nSPS) is 16.6. The van der Waals surface area contributed by atoms with Crippen molar-refractivity contribution >= 4 is 23.1 Å². The Labute approximate surface area is 162 Å². The Kier molecular flexibility index (Phi) is 4.68. The molecule has 0 bridgehead atoms. The van der Waals surface area contributed by atoms with E-state index in [-0.39, 0.29) is 24.8 Å². The van der Waals surface area contributed by atoms with Gasteiger partial charge >= 0.3 is 0 Å². The summed E-state index contributed by atoms with van der Waals surface area (Å²) >= 11 is 0. The SMILES string of the molecule is COc1ccc(C)cc1N1C[C@H](C(=O)NCc2nnc3ccccn23)CC1=O. The summed E-state index contributed by atoms with van der Waals surface area (Å²) < 4.78 is 7.21. The highest BCUT2D eigenvalue weighted by molar-refractivity contribution is 6.01. The zero-order valence-electron chi connectivity index (χ0n) is 15.8. The summed E-state index contributed by atoms with van der Waals surface area (Å²) in [6, 6.07) is 11.3. The molecule has 1 aromatic carbocycles. The summed E-state index contributed by atoms with van der Waals surface area (Å²) in [5.74, 6) is 0.587. The van der Waals surface area contributed by atoms with Crippen molar-refractivity contribution in [2.75, 3.05) is 18.6 Å². The standard InChI is InChI=1S/C20H21N5O3/c1-13-6-7-16(28-2)15(9-13)25-12-14(10-19(25)26)20(27)21-11-18-23-22-17-5-3-4-8-24(17)18/h3-9,14H,10-12H2,1-2H3,(H,21,27)/t14-/m1/s1. The van der Waals surface area contributed by atoms with Crippen LogP contribution in [0.5, 0.6) is 5.75 Å². The second kappa shape index (κ2) is 7.30. The van der Waals surface area contributed by atoms with Crippen LogP contribution in [0.4, 0.5) is 5.69 Å². The van der Waals surface area contributed by atoms with Crippen LogP contribution in [0.1, 0.15) is 17.8 Å². The average molecular weight is 379 g/mol. The highest BCUT2D eigenvalue weighted by Crippen LogP contribution is 2.33. The fourth-order valence-corrected chi connectivity index (χ4v) is 3.45. The molecule has 0 spiro atoms. The van der Waals surface area contributed by atoms with Crippen LogP contribution in [0.2, 0.25) is 0 Å². The molecule has 144 valence electrons. The first-order chi connectivity index (χ1) is 13.6. The van der Waals surface area contributed by atoms with Crippen molar-refractivity contribution in [1.29, 1.82) is 0 Å². The second-order valence-corrected chi connectivity index (χ2v) is 6.84. The zero-order chi connectivity index (χ0) is 19.7. The lowest BCUT2D eigenvalue weighted by atomic mass is 10.1. The Bertz CT molecular complexity index is 1050. The predicted octanol–water partition coefficient (Wildman–Crippen LogP) is 1.72. The third kappa shape index (κ3) is 3.28. The van der Waals surface area contributed by atoms with Gasteiger partial charge in [0.25, 0.3) is 0 Å². The molecule has 1 atom stereocenters. The lowest BCUT2D eigenvalue weighted by Gasteiger charge is -2.20. The molecule has 2 aromatic heterocycles. The van der Waals surface area contributed by atoms with Crippen molar-refractivity contribution in [2.45, 2.75) is 19.9 Å². The summed E-state index contributed by atoms with van der Waals surface area (Å²) in [6.07, 6.45) is 2.02. The van der Waals surface area contributed by atoms with Gasteiger partial charge in [0, 0.05) is 19.2 Å². The third-order valence-corrected chi connectivity index (χ3v) is 4.93. The zero-order valence-corrected chi connectivity index (χ0v) is 15.8. The quantitative estimate of drug-likeness (QED) is 0.729. The number of nitrogens with zero attached hydrogens (tertiary/aromatic N) is 4. The number of aryl methyl sites for hydroxylation is 1. The van der Waals surface area contributed by atoms with Gasteiger partial charge in [-0.25, -0.2) is 0 Å². The van der Waals surface area contributed by atoms with Crippen LogP contribution in [-0.2, 0) is 16.1 Å². The maximum absolute atomic E-state index is 12.6. The highest BCUT2D eigenvalue weighted by Gasteiger charge is 2.36. The molecule has 4 rings (SSSR count). The van der Waals surface area contributed by atoms with Crippen molar-refractivity contribution in [3.8, 4) is 5.75 Å². The van der Waals surface area contributed by atoms with E-state index in [1.165, 1.54) is 0 Å². The molecular weight excluding hydrogens is 358 g/mol. The lowest BCUT2D eigenvalue weighted by molar-refractivity contribution is -0.126. The number of benzene rings is 1. The maximum Gasteiger partial charge on any atom is 0.227 e. The number of rotatable bonds is 5. The second-order valence-electron chi connectivity index (χ2n) is 6.84. The van der Waals surface area contributed by atoms with Crippen molar-refractivity contribution in [2.24, 2.45) is 5.92 Å². The van der Waals surface area contributed by atoms with E-state index in [4.69, 9.17) is 4.74 Å². The molecule has 0 unspecified atom stereocenters. The van der Waals surface area contributed by atoms with E-state index < -0.39 is 5.92 Å². The van der Waals surface area contributed by atoms with Gasteiger partial charge in [0.2, 0.25) is 11.8 Å². The molecule has 1 saturated heterocycles. The molecule has 1 aliphatic rings. The fraction of sp³-hybridized carbons (Fsp3) is 0.300. The number of carbonyl (C=O) groups excluding carboxylic acids is 2. The van der Waals surface area contributed by atoms with E-state index in [1.807, 2.05) is 53.9 Å². The molecule has 0 saturated carbocycles. The van der Waals surface area contributed by atoms with Gasteiger partial charge < -0.3 is 15.0 Å². The van der Waals surface area contributed by atoms with Gasteiger partial charge in [-0.05, 0) is 36.8 Å². The van der Waals surface area contributed by atoms with Gasteiger partial charge in [0.15, 0.2) is 11.5 Å². The number of carbonyl (C=O) groups is 2. The summed E-state index contributed by atoms with van der Waals surface area (Å²) in [7, 11) is 1.57. The predicted molar refractivity (Wildman–Crippen MR) is 103 cm³/mol. The van der Waals surface area contributed by atoms with E-state index in [0.29, 0.717) is 23.8 Å². The van der Waals surface area contributed by atoms with Crippen LogP contribution in [0, 0.1) is 12.8 Å². The lowest BCUT2D eigenvalue weighted by Crippen LogP contribution is -2.33. The van der Waals surface area contributed by atoms with Crippen LogP contribution >= 0.6 is 0 Å². The molecule has 1 aliphatic heterocycles. The minimum absolute atomic E-state index is 0.0861. The van der Waals surface area contributed by atoms with Crippen molar-refractivity contribution in [3.05, 3.63) is 54.0 Å². The van der Waals surface area contributed by atoms with Crippen LogP contribution in [-0.4, -0.2) is 40.1 Å². The van der Waals surface area contributed by atoms with E-state index in [9.17, 15) is 9.59 Å². The number of aromatic nitrogens is 3. The molecule has 28 heavy (non-hydrogen) atoms. The number of hydrogen-bond donors (Lipinski definition) is 1. The van der Waals surface area contributed by atoms with Crippen LogP contribution in [0.3, 0.4) is 0 Å². The number of ether oxygens (including phenoxy) is 1.